The van der Waals surface area contributed by atoms with Crippen molar-refractivity contribution in [2.24, 2.45) is 0 Å². The van der Waals surface area contributed by atoms with Crippen molar-refractivity contribution in [2.75, 3.05) is 18.4 Å². The number of piperazine rings is 1. The van der Waals surface area contributed by atoms with E-state index in [9.17, 15) is 9.59 Å². The van der Waals surface area contributed by atoms with Crippen LogP contribution in [0.2, 0.25) is 0 Å². The highest BCUT2D eigenvalue weighted by molar-refractivity contribution is 5.97. The maximum Gasteiger partial charge on any atom is 0.243 e. The molecule has 0 saturated carbocycles. The molecule has 1 saturated heterocycles. The fourth-order valence-electron chi connectivity index (χ4n) is 1.84. The van der Waals surface area contributed by atoms with Crippen molar-refractivity contribution in [2.45, 2.75) is 19.9 Å². The van der Waals surface area contributed by atoms with E-state index in [1.165, 1.54) is 0 Å². The predicted molar refractivity (Wildman–Crippen MR) is 69.3 cm³/mol. The van der Waals surface area contributed by atoms with Crippen LogP contribution in [-0.4, -0.2) is 30.9 Å². The highest BCUT2D eigenvalue weighted by atomic mass is 16.2. The van der Waals surface area contributed by atoms with Gasteiger partial charge in [0.2, 0.25) is 11.8 Å². The lowest BCUT2D eigenvalue weighted by Gasteiger charge is -2.23. The number of nitrogens with one attached hydrogen (secondary N) is 3. The molecule has 1 aliphatic rings. The van der Waals surface area contributed by atoms with Gasteiger partial charge in [0.25, 0.3) is 0 Å². The van der Waals surface area contributed by atoms with Gasteiger partial charge in [0.05, 0.1) is 6.54 Å². The van der Waals surface area contributed by atoms with Crippen LogP contribution in [0.15, 0.2) is 18.2 Å². The van der Waals surface area contributed by atoms with Crippen LogP contribution in [-0.2, 0) is 9.59 Å². The predicted octanol–water partition coefficient (Wildman–Crippen LogP) is 0.330. The number of rotatable bonds is 2. The Labute approximate surface area is 106 Å². The molecule has 1 heterocycles. The zero-order valence-corrected chi connectivity index (χ0v) is 10.5. The van der Waals surface area contributed by atoms with Crippen molar-refractivity contribution < 1.29 is 9.59 Å². The summed E-state index contributed by atoms with van der Waals surface area (Å²) in [4.78, 5) is 23.0. The maximum atomic E-state index is 12.0. The Bertz CT molecular complexity index is 475. The lowest BCUT2D eigenvalue weighted by Crippen LogP contribution is -2.56. The zero-order chi connectivity index (χ0) is 13.1. The topological polar surface area (TPSA) is 70.2 Å². The van der Waals surface area contributed by atoms with E-state index in [1.54, 1.807) is 0 Å². The first-order chi connectivity index (χ1) is 8.56. The van der Waals surface area contributed by atoms with Crippen molar-refractivity contribution in [3.05, 3.63) is 29.3 Å². The number of amides is 2. The minimum absolute atomic E-state index is 0.0780. The van der Waals surface area contributed by atoms with Crippen molar-refractivity contribution in [3.8, 4) is 0 Å². The molecule has 3 N–H and O–H groups in total. The van der Waals surface area contributed by atoms with E-state index in [0.29, 0.717) is 6.54 Å². The first kappa shape index (κ1) is 12.6. The molecule has 0 radical (unpaired) electrons. The highest BCUT2D eigenvalue weighted by Crippen LogP contribution is 2.16. The summed E-state index contributed by atoms with van der Waals surface area (Å²) in [5.41, 5.74) is 2.94. The second-order valence-corrected chi connectivity index (χ2v) is 4.55. The van der Waals surface area contributed by atoms with E-state index in [4.69, 9.17) is 0 Å². The summed E-state index contributed by atoms with van der Waals surface area (Å²) < 4.78 is 0. The number of carbonyl (C=O) groups excluding carboxylic acids is 2. The van der Waals surface area contributed by atoms with Gasteiger partial charge in [-0.1, -0.05) is 12.1 Å². The van der Waals surface area contributed by atoms with Gasteiger partial charge >= 0.3 is 0 Å². The molecule has 5 heteroatoms. The molecule has 0 bridgehead atoms. The zero-order valence-electron chi connectivity index (χ0n) is 10.5. The quantitative estimate of drug-likeness (QED) is 0.705. The van der Waals surface area contributed by atoms with Gasteiger partial charge in [-0.25, -0.2) is 0 Å². The Morgan fingerprint density at radius 1 is 1.39 bits per heavy atom. The molecule has 1 unspecified atom stereocenters. The third-order valence-electron chi connectivity index (χ3n) is 2.98. The Balaban J connectivity index is 2.02. The van der Waals surface area contributed by atoms with E-state index >= 15 is 0 Å². The van der Waals surface area contributed by atoms with Crippen molar-refractivity contribution in [3.63, 3.8) is 0 Å². The smallest absolute Gasteiger partial charge is 0.243 e. The summed E-state index contributed by atoms with van der Waals surface area (Å²) in [6.07, 6.45) is 0. The summed E-state index contributed by atoms with van der Waals surface area (Å²) >= 11 is 0. The van der Waals surface area contributed by atoms with Crippen LogP contribution < -0.4 is 16.0 Å². The molecule has 1 atom stereocenters. The Morgan fingerprint density at radius 3 is 2.83 bits per heavy atom. The maximum absolute atomic E-state index is 12.0. The number of hydrogen-bond acceptors (Lipinski definition) is 3. The van der Waals surface area contributed by atoms with Crippen LogP contribution in [0.4, 0.5) is 5.69 Å². The molecule has 0 aromatic heterocycles. The first-order valence-electron chi connectivity index (χ1n) is 5.94. The van der Waals surface area contributed by atoms with Gasteiger partial charge in [0.1, 0.15) is 6.04 Å². The minimum Gasteiger partial charge on any atom is -0.353 e. The van der Waals surface area contributed by atoms with E-state index in [0.717, 1.165) is 16.8 Å². The fraction of sp³-hybridized carbons (Fsp3) is 0.385. The second kappa shape index (κ2) is 5.18. The Kier molecular flexibility index (Phi) is 3.62. The second-order valence-electron chi connectivity index (χ2n) is 4.55. The number of anilines is 1. The molecule has 0 spiro atoms. The molecule has 5 nitrogen and oxygen atoms in total. The molecule has 2 rings (SSSR count). The van der Waals surface area contributed by atoms with Crippen LogP contribution in [0.1, 0.15) is 11.1 Å². The van der Waals surface area contributed by atoms with Crippen LogP contribution in [0.5, 0.6) is 0 Å². The highest BCUT2D eigenvalue weighted by Gasteiger charge is 2.23. The van der Waals surface area contributed by atoms with Gasteiger partial charge in [-0.2, -0.15) is 0 Å². The van der Waals surface area contributed by atoms with Crippen LogP contribution in [0.3, 0.4) is 0 Å². The monoisotopic (exact) mass is 247 g/mol. The Morgan fingerprint density at radius 2 is 2.17 bits per heavy atom. The lowest BCUT2D eigenvalue weighted by atomic mass is 10.1. The molecule has 1 aliphatic heterocycles. The summed E-state index contributed by atoms with van der Waals surface area (Å²) in [5.74, 6) is -0.200. The fourth-order valence-corrected chi connectivity index (χ4v) is 1.84. The van der Waals surface area contributed by atoms with Crippen LogP contribution in [0.25, 0.3) is 0 Å². The molecule has 2 amide bonds. The first-order valence-corrected chi connectivity index (χ1v) is 5.94. The summed E-state index contributed by atoms with van der Waals surface area (Å²) in [7, 11) is 0. The van der Waals surface area contributed by atoms with E-state index in [2.05, 4.69) is 16.0 Å². The standard InChI is InChI=1S/C13H17N3O2/c1-8-3-4-9(2)10(5-8)16-13(18)11-6-15-12(17)7-14-11/h3-5,11,14H,6-7H2,1-2H3,(H,15,17)(H,16,18). The summed E-state index contributed by atoms with van der Waals surface area (Å²) in [5, 5.41) is 8.44. The minimum atomic E-state index is -0.373. The normalized spacial score (nSPS) is 19.2. The largest absolute Gasteiger partial charge is 0.353 e. The number of benzene rings is 1. The molecule has 1 fully saturated rings. The van der Waals surface area contributed by atoms with Gasteiger partial charge in [-0.05, 0) is 31.0 Å². The molecular formula is C13H17N3O2. The average molecular weight is 247 g/mol. The van der Waals surface area contributed by atoms with Crippen molar-refractivity contribution >= 4 is 17.5 Å². The molecule has 1 aromatic carbocycles. The summed E-state index contributed by atoms with van der Waals surface area (Å²) in [6, 6.07) is 5.54. The number of hydrogen-bond donors (Lipinski definition) is 3. The molecule has 1 aromatic rings. The molecular weight excluding hydrogens is 230 g/mol. The Hall–Kier alpha value is -1.88. The van der Waals surface area contributed by atoms with Crippen molar-refractivity contribution in [1.82, 2.24) is 10.6 Å². The van der Waals surface area contributed by atoms with E-state index in [-0.39, 0.29) is 24.4 Å². The van der Waals surface area contributed by atoms with Crippen molar-refractivity contribution in [1.29, 1.82) is 0 Å². The summed E-state index contributed by atoms with van der Waals surface area (Å²) in [6.45, 7) is 4.44. The van der Waals surface area contributed by atoms with Gasteiger partial charge in [-0.3, -0.25) is 14.9 Å². The third kappa shape index (κ3) is 2.87. The molecule has 18 heavy (non-hydrogen) atoms. The van der Waals surface area contributed by atoms with Gasteiger partial charge < -0.3 is 10.6 Å². The number of aryl methyl sites for hydroxylation is 2. The lowest BCUT2D eigenvalue weighted by molar-refractivity contribution is -0.124. The van der Waals surface area contributed by atoms with Gasteiger partial charge in [0.15, 0.2) is 0 Å². The third-order valence-corrected chi connectivity index (χ3v) is 2.98. The van der Waals surface area contributed by atoms with Crippen LogP contribution in [0, 0.1) is 13.8 Å². The van der Waals surface area contributed by atoms with Gasteiger partial charge in [0, 0.05) is 12.2 Å². The van der Waals surface area contributed by atoms with Gasteiger partial charge in [-0.15, -0.1) is 0 Å². The SMILES string of the molecule is Cc1ccc(C)c(NC(=O)C2CNC(=O)CN2)c1. The molecule has 96 valence electrons. The molecule has 0 aliphatic carbocycles. The van der Waals surface area contributed by atoms with E-state index < -0.39 is 0 Å². The van der Waals surface area contributed by atoms with E-state index in [1.807, 2.05) is 32.0 Å². The average Bonchev–Trinajstić information content (AvgIpc) is 2.34. The van der Waals surface area contributed by atoms with Crippen LogP contribution >= 0.6 is 0 Å². The number of carbonyl (C=O) groups is 2.